The molecule has 1 aromatic rings. The number of benzene rings is 1. The van der Waals surface area contributed by atoms with E-state index in [-0.39, 0.29) is 18.7 Å². The van der Waals surface area contributed by atoms with Crippen LogP contribution in [0, 0.1) is 0 Å². The molecule has 0 bridgehead atoms. The fourth-order valence-electron chi connectivity index (χ4n) is 2.29. The summed E-state index contributed by atoms with van der Waals surface area (Å²) in [6.07, 6.45) is 3.90. The molecular formula is C18H25ClN2O4. The molecule has 0 aromatic heterocycles. The fraction of sp³-hybridized carbons (Fsp3) is 0.500. The molecule has 7 heteroatoms. The Hall–Kier alpha value is -2.08. The van der Waals surface area contributed by atoms with Crippen molar-refractivity contribution in [2.75, 3.05) is 6.54 Å². The van der Waals surface area contributed by atoms with Gasteiger partial charge < -0.3 is 15.7 Å². The van der Waals surface area contributed by atoms with Gasteiger partial charge in [-0.3, -0.25) is 14.4 Å². The number of carboxylic acid groups (broad SMARTS) is 1. The second-order valence-corrected chi connectivity index (χ2v) is 6.26. The molecule has 0 aliphatic rings. The lowest BCUT2D eigenvalue weighted by molar-refractivity contribution is -0.137. The Morgan fingerprint density at radius 2 is 1.96 bits per heavy atom. The van der Waals surface area contributed by atoms with Gasteiger partial charge in [0, 0.05) is 23.6 Å². The molecule has 1 atom stereocenters. The number of rotatable bonds is 11. The van der Waals surface area contributed by atoms with Crippen LogP contribution in [0.4, 0.5) is 0 Å². The SMILES string of the molecule is CCCCCCNC(=O)[C@@H](CCC(=O)O)NC(=O)c1cccc(Cl)c1. The minimum Gasteiger partial charge on any atom is -0.481 e. The number of unbranched alkanes of at least 4 members (excludes halogenated alkanes) is 3. The van der Waals surface area contributed by atoms with Crippen LogP contribution in [0.5, 0.6) is 0 Å². The third-order valence-electron chi connectivity index (χ3n) is 3.69. The van der Waals surface area contributed by atoms with Crippen molar-refractivity contribution in [1.82, 2.24) is 10.6 Å². The Labute approximate surface area is 152 Å². The first-order chi connectivity index (χ1) is 11.9. The maximum absolute atomic E-state index is 12.3. The van der Waals surface area contributed by atoms with E-state index in [2.05, 4.69) is 17.6 Å². The zero-order valence-electron chi connectivity index (χ0n) is 14.4. The normalized spacial score (nSPS) is 11.6. The predicted octanol–water partition coefficient (Wildman–Crippen LogP) is 3.00. The van der Waals surface area contributed by atoms with Crippen LogP contribution < -0.4 is 10.6 Å². The number of carbonyl (C=O) groups is 3. The number of hydrogen-bond acceptors (Lipinski definition) is 3. The maximum atomic E-state index is 12.3. The summed E-state index contributed by atoms with van der Waals surface area (Å²) in [5, 5.41) is 14.6. The molecule has 1 aromatic carbocycles. The van der Waals surface area contributed by atoms with Crippen molar-refractivity contribution in [2.45, 2.75) is 51.5 Å². The van der Waals surface area contributed by atoms with Gasteiger partial charge in [-0.2, -0.15) is 0 Å². The number of amides is 2. The number of halogens is 1. The van der Waals surface area contributed by atoms with Crippen molar-refractivity contribution >= 4 is 29.4 Å². The first-order valence-electron chi connectivity index (χ1n) is 8.50. The van der Waals surface area contributed by atoms with Crippen LogP contribution in [0.3, 0.4) is 0 Å². The number of aliphatic carboxylic acids is 1. The van der Waals surface area contributed by atoms with Gasteiger partial charge >= 0.3 is 5.97 Å². The van der Waals surface area contributed by atoms with E-state index in [1.165, 1.54) is 6.07 Å². The summed E-state index contributed by atoms with van der Waals surface area (Å²) in [7, 11) is 0. The van der Waals surface area contributed by atoms with E-state index in [0.717, 1.165) is 25.7 Å². The van der Waals surface area contributed by atoms with Crippen LogP contribution in [-0.4, -0.2) is 35.5 Å². The van der Waals surface area contributed by atoms with Crippen molar-refractivity contribution < 1.29 is 19.5 Å². The smallest absolute Gasteiger partial charge is 0.303 e. The Morgan fingerprint density at radius 1 is 1.20 bits per heavy atom. The van der Waals surface area contributed by atoms with E-state index in [1.54, 1.807) is 18.2 Å². The molecule has 0 aliphatic heterocycles. The van der Waals surface area contributed by atoms with Gasteiger partial charge in [0.2, 0.25) is 5.91 Å². The van der Waals surface area contributed by atoms with Crippen molar-refractivity contribution in [3.8, 4) is 0 Å². The lowest BCUT2D eigenvalue weighted by Crippen LogP contribution is -2.47. The first kappa shape index (κ1) is 21.0. The van der Waals surface area contributed by atoms with E-state index in [9.17, 15) is 14.4 Å². The van der Waals surface area contributed by atoms with Crippen molar-refractivity contribution in [3.05, 3.63) is 34.9 Å². The Morgan fingerprint density at radius 3 is 2.60 bits per heavy atom. The van der Waals surface area contributed by atoms with Crippen LogP contribution in [-0.2, 0) is 9.59 Å². The average molecular weight is 369 g/mol. The molecule has 0 heterocycles. The van der Waals surface area contributed by atoms with Crippen LogP contribution in [0.15, 0.2) is 24.3 Å². The van der Waals surface area contributed by atoms with E-state index in [1.807, 2.05) is 0 Å². The summed E-state index contributed by atoms with van der Waals surface area (Å²) in [5.41, 5.74) is 0.323. The number of hydrogen-bond donors (Lipinski definition) is 3. The third-order valence-corrected chi connectivity index (χ3v) is 3.92. The summed E-state index contributed by atoms with van der Waals surface area (Å²) in [6, 6.07) is 5.46. The molecular weight excluding hydrogens is 344 g/mol. The van der Waals surface area contributed by atoms with E-state index in [0.29, 0.717) is 17.1 Å². The van der Waals surface area contributed by atoms with E-state index in [4.69, 9.17) is 16.7 Å². The quantitative estimate of drug-likeness (QED) is 0.523. The molecule has 0 radical (unpaired) electrons. The highest BCUT2D eigenvalue weighted by molar-refractivity contribution is 6.31. The van der Waals surface area contributed by atoms with Gasteiger partial charge in [-0.05, 0) is 31.0 Å². The highest BCUT2D eigenvalue weighted by Crippen LogP contribution is 2.11. The Balaban J connectivity index is 2.63. The topological polar surface area (TPSA) is 95.5 Å². The first-order valence-corrected chi connectivity index (χ1v) is 8.87. The molecule has 1 rings (SSSR count). The standard InChI is InChI=1S/C18H25ClN2O4/c1-2-3-4-5-11-20-18(25)15(9-10-16(22)23)21-17(24)13-7-6-8-14(19)12-13/h6-8,12,15H,2-5,9-11H2,1H3,(H,20,25)(H,21,24)(H,22,23)/t15-/m1/s1. The highest BCUT2D eigenvalue weighted by Gasteiger charge is 2.22. The summed E-state index contributed by atoms with van der Waals surface area (Å²) in [6.45, 7) is 2.61. The van der Waals surface area contributed by atoms with Crippen LogP contribution >= 0.6 is 11.6 Å². The van der Waals surface area contributed by atoms with Gasteiger partial charge in [0.1, 0.15) is 6.04 Å². The zero-order chi connectivity index (χ0) is 18.7. The number of carbonyl (C=O) groups excluding carboxylic acids is 2. The summed E-state index contributed by atoms with van der Waals surface area (Å²) in [5.74, 6) is -1.84. The molecule has 0 saturated carbocycles. The monoisotopic (exact) mass is 368 g/mol. The molecule has 0 unspecified atom stereocenters. The van der Waals surface area contributed by atoms with Crippen molar-refractivity contribution in [1.29, 1.82) is 0 Å². The predicted molar refractivity (Wildman–Crippen MR) is 96.7 cm³/mol. The van der Waals surface area contributed by atoms with E-state index < -0.39 is 17.9 Å². The van der Waals surface area contributed by atoms with Gasteiger partial charge in [-0.1, -0.05) is 43.9 Å². The van der Waals surface area contributed by atoms with Crippen LogP contribution in [0.1, 0.15) is 55.8 Å². The number of carboxylic acids is 1. The summed E-state index contributed by atoms with van der Waals surface area (Å²) >= 11 is 5.86. The van der Waals surface area contributed by atoms with Gasteiger partial charge in [0.25, 0.3) is 5.91 Å². The second kappa shape index (κ2) is 11.5. The van der Waals surface area contributed by atoms with Gasteiger partial charge in [0.05, 0.1) is 0 Å². The fourth-order valence-corrected chi connectivity index (χ4v) is 2.48. The van der Waals surface area contributed by atoms with Crippen molar-refractivity contribution in [3.63, 3.8) is 0 Å². The Kier molecular flexibility index (Phi) is 9.62. The van der Waals surface area contributed by atoms with Gasteiger partial charge in [-0.15, -0.1) is 0 Å². The average Bonchev–Trinajstić information content (AvgIpc) is 2.57. The molecule has 3 N–H and O–H groups in total. The molecule has 0 saturated heterocycles. The molecule has 2 amide bonds. The summed E-state index contributed by atoms with van der Waals surface area (Å²) < 4.78 is 0. The third kappa shape index (κ3) is 8.54. The van der Waals surface area contributed by atoms with Crippen molar-refractivity contribution in [2.24, 2.45) is 0 Å². The minimum absolute atomic E-state index is 0.0302. The van der Waals surface area contributed by atoms with Gasteiger partial charge in [0.15, 0.2) is 0 Å². The lowest BCUT2D eigenvalue weighted by atomic mass is 10.1. The molecule has 0 aliphatic carbocycles. The Bertz CT molecular complexity index is 592. The number of nitrogens with one attached hydrogen (secondary N) is 2. The lowest BCUT2D eigenvalue weighted by Gasteiger charge is -2.18. The largest absolute Gasteiger partial charge is 0.481 e. The van der Waals surface area contributed by atoms with Crippen LogP contribution in [0.25, 0.3) is 0 Å². The van der Waals surface area contributed by atoms with E-state index >= 15 is 0 Å². The molecule has 138 valence electrons. The summed E-state index contributed by atoms with van der Waals surface area (Å²) in [4.78, 5) is 35.3. The second-order valence-electron chi connectivity index (χ2n) is 5.82. The highest BCUT2D eigenvalue weighted by atomic mass is 35.5. The molecule has 25 heavy (non-hydrogen) atoms. The maximum Gasteiger partial charge on any atom is 0.303 e. The molecule has 0 spiro atoms. The zero-order valence-corrected chi connectivity index (χ0v) is 15.1. The van der Waals surface area contributed by atoms with Gasteiger partial charge in [-0.25, -0.2) is 0 Å². The molecule has 0 fully saturated rings. The minimum atomic E-state index is -1.02. The van der Waals surface area contributed by atoms with Crippen LogP contribution in [0.2, 0.25) is 5.02 Å². The molecule has 6 nitrogen and oxygen atoms in total.